The molecule has 0 aromatic heterocycles. The number of carbonyl (C=O) groups excluding carboxylic acids is 1. The second kappa shape index (κ2) is 8.93. The molecular weight excluding hydrogens is 366 g/mol. The molecule has 2 fully saturated rings. The number of amides is 1. The van der Waals surface area contributed by atoms with E-state index in [1.54, 1.807) is 4.90 Å². The van der Waals surface area contributed by atoms with Gasteiger partial charge in [-0.2, -0.15) is 0 Å². The summed E-state index contributed by atoms with van der Waals surface area (Å²) >= 11 is 0. The van der Waals surface area contributed by atoms with Crippen molar-refractivity contribution in [1.82, 2.24) is 4.90 Å². The van der Waals surface area contributed by atoms with Gasteiger partial charge in [-0.1, -0.05) is 0 Å². The van der Waals surface area contributed by atoms with Crippen LogP contribution in [0.5, 0.6) is 0 Å². The van der Waals surface area contributed by atoms with Crippen molar-refractivity contribution in [2.75, 3.05) is 61.4 Å². The first kappa shape index (κ1) is 19.9. The fourth-order valence-corrected chi connectivity index (χ4v) is 4.56. The highest BCUT2D eigenvalue weighted by molar-refractivity contribution is 7.92. The number of hydrogen-bond donors (Lipinski definition) is 0. The molecule has 0 saturated carbocycles. The molecule has 1 aromatic carbocycles. The first-order valence-corrected chi connectivity index (χ1v) is 11.5. The van der Waals surface area contributed by atoms with Gasteiger partial charge in [0.1, 0.15) is 0 Å². The Hall–Kier alpha value is -1.80. The third-order valence-electron chi connectivity index (χ3n) is 5.15. The predicted molar refractivity (Wildman–Crippen MR) is 107 cm³/mol. The van der Waals surface area contributed by atoms with E-state index in [0.29, 0.717) is 32.0 Å². The van der Waals surface area contributed by atoms with Crippen LogP contribution in [0.2, 0.25) is 0 Å². The van der Waals surface area contributed by atoms with Crippen LogP contribution in [0.3, 0.4) is 0 Å². The zero-order valence-corrected chi connectivity index (χ0v) is 16.8. The average Bonchev–Trinajstić information content (AvgIpc) is 2.69. The van der Waals surface area contributed by atoms with Crippen LogP contribution >= 0.6 is 0 Å². The third-order valence-corrected chi connectivity index (χ3v) is 6.35. The summed E-state index contributed by atoms with van der Waals surface area (Å²) in [5.74, 6) is -0.0307. The maximum atomic E-state index is 12.4. The fraction of sp³-hybridized carbons (Fsp3) is 0.632. The maximum absolute atomic E-state index is 12.4. The van der Waals surface area contributed by atoms with Crippen molar-refractivity contribution >= 4 is 27.3 Å². The highest BCUT2D eigenvalue weighted by Gasteiger charge is 2.22. The lowest BCUT2D eigenvalue weighted by atomic mass is 10.1. The molecule has 2 aliphatic heterocycles. The van der Waals surface area contributed by atoms with E-state index in [9.17, 15) is 13.2 Å². The molecule has 8 heteroatoms. The SMILES string of the molecule is CS(=O)(=O)N(CCC(=O)N1CCOCC1)c1ccc(N2CCCCC2)cc1. The molecule has 0 spiro atoms. The highest BCUT2D eigenvalue weighted by Crippen LogP contribution is 2.25. The largest absolute Gasteiger partial charge is 0.378 e. The molecule has 27 heavy (non-hydrogen) atoms. The van der Waals surface area contributed by atoms with Crippen molar-refractivity contribution in [3.05, 3.63) is 24.3 Å². The van der Waals surface area contributed by atoms with Crippen molar-refractivity contribution < 1.29 is 17.9 Å². The van der Waals surface area contributed by atoms with Crippen molar-refractivity contribution in [3.8, 4) is 0 Å². The van der Waals surface area contributed by atoms with E-state index in [0.717, 1.165) is 18.8 Å². The summed E-state index contributed by atoms with van der Waals surface area (Å²) < 4.78 is 31.1. The summed E-state index contributed by atoms with van der Waals surface area (Å²) in [7, 11) is -3.46. The Morgan fingerprint density at radius 2 is 1.67 bits per heavy atom. The Labute approximate surface area is 161 Å². The average molecular weight is 396 g/mol. The Kier molecular flexibility index (Phi) is 6.59. The van der Waals surface area contributed by atoms with E-state index in [2.05, 4.69) is 4.90 Å². The molecule has 2 aliphatic rings. The summed E-state index contributed by atoms with van der Waals surface area (Å²) in [6.45, 7) is 4.47. The molecule has 0 atom stereocenters. The van der Waals surface area contributed by atoms with E-state index in [1.165, 1.54) is 29.8 Å². The number of morpholine rings is 1. The van der Waals surface area contributed by atoms with Gasteiger partial charge in [-0.3, -0.25) is 9.10 Å². The summed E-state index contributed by atoms with van der Waals surface area (Å²) in [6.07, 6.45) is 5.01. The van der Waals surface area contributed by atoms with Crippen LogP contribution in [0.1, 0.15) is 25.7 Å². The lowest BCUT2D eigenvalue weighted by Crippen LogP contribution is -2.42. The van der Waals surface area contributed by atoms with Crippen LogP contribution in [0, 0.1) is 0 Å². The Bertz CT molecular complexity index is 724. The molecule has 7 nitrogen and oxygen atoms in total. The van der Waals surface area contributed by atoms with E-state index < -0.39 is 10.0 Å². The normalized spacial score (nSPS) is 18.4. The number of rotatable bonds is 6. The molecule has 1 amide bonds. The van der Waals surface area contributed by atoms with E-state index in [1.807, 2.05) is 24.3 Å². The van der Waals surface area contributed by atoms with E-state index >= 15 is 0 Å². The van der Waals surface area contributed by atoms with Crippen LogP contribution in [-0.4, -0.2) is 71.4 Å². The van der Waals surface area contributed by atoms with Gasteiger partial charge in [-0.05, 0) is 43.5 Å². The van der Waals surface area contributed by atoms with Crippen LogP contribution in [-0.2, 0) is 19.6 Å². The molecular formula is C19H29N3O4S. The zero-order chi connectivity index (χ0) is 19.3. The Balaban J connectivity index is 1.66. The van der Waals surface area contributed by atoms with Gasteiger partial charge in [0.15, 0.2) is 0 Å². The molecule has 1 aromatic rings. The zero-order valence-electron chi connectivity index (χ0n) is 16.0. The van der Waals surface area contributed by atoms with Crippen molar-refractivity contribution in [2.45, 2.75) is 25.7 Å². The van der Waals surface area contributed by atoms with Gasteiger partial charge in [0.05, 0.1) is 25.2 Å². The highest BCUT2D eigenvalue weighted by atomic mass is 32.2. The predicted octanol–water partition coefficient (Wildman–Crippen LogP) is 1.69. The molecule has 0 N–H and O–H groups in total. The standard InChI is InChI=1S/C19H29N3O4S/c1-27(24,25)22(12-9-19(23)21-13-15-26-16-14-21)18-7-5-17(6-8-18)20-10-3-2-4-11-20/h5-8H,2-4,9-16H2,1H3. The van der Waals surface area contributed by atoms with Gasteiger partial charge >= 0.3 is 0 Å². The number of benzene rings is 1. The molecule has 2 heterocycles. The third kappa shape index (κ3) is 5.35. The lowest BCUT2D eigenvalue weighted by molar-refractivity contribution is -0.134. The fourth-order valence-electron chi connectivity index (χ4n) is 3.64. The minimum atomic E-state index is -3.46. The molecule has 0 bridgehead atoms. The lowest BCUT2D eigenvalue weighted by Gasteiger charge is -2.30. The number of nitrogens with zero attached hydrogens (tertiary/aromatic N) is 3. The molecule has 2 saturated heterocycles. The number of sulfonamides is 1. The number of carbonyl (C=O) groups is 1. The maximum Gasteiger partial charge on any atom is 0.232 e. The van der Waals surface area contributed by atoms with Gasteiger partial charge in [0.25, 0.3) is 0 Å². The molecule has 3 rings (SSSR count). The molecule has 0 aliphatic carbocycles. The van der Waals surface area contributed by atoms with Crippen molar-refractivity contribution in [2.24, 2.45) is 0 Å². The summed E-state index contributed by atoms with van der Waals surface area (Å²) in [4.78, 5) is 16.4. The van der Waals surface area contributed by atoms with E-state index in [4.69, 9.17) is 4.74 Å². The first-order chi connectivity index (χ1) is 12.9. The topological polar surface area (TPSA) is 70.2 Å². The van der Waals surface area contributed by atoms with Crippen LogP contribution < -0.4 is 9.21 Å². The van der Waals surface area contributed by atoms with Crippen LogP contribution in [0.15, 0.2) is 24.3 Å². The number of piperidine rings is 1. The second-order valence-electron chi connectivity index (χ2n) is 7.14. The number of anilines is 2. The summed E-state index contributed by atoms with van der Waals surface area (Å²) in [6, 6.07) is 7.62. The minimum absolute atomic E-state index is 0.0307. The van der Waals surface area contributed by atoms with Gasteiger partial charge in [-0.25, -0.2) is 8.42 Å². The van der Waals surface area contributed by atoms with Gasteiger partial charge < -0.3 is 14.5 Å². The summed E-state index contributed by atoms with van der Waals surface area (Å²) in [5.41, 5.74) is 1.73. The minimum Gasteiger partial charge on any atom is -0.378 e. The number of hydrogen-bond acceptors (Lipinski definition) is 5. The van der Waals surface area contributed by atoms with Gasteiger partial charge in [-0.15, -0.1) is 0 Å². The van der Waals surface area contributed by atoms with Crippen LogP contribution in [0.25, 0.3) is 0 Å². The second-order valence-corrected chi connectivity index (χ2v) is 9.05. The Morgan fingerprint density at radius 1 is 1.04 bits per heavy atom. The molecule has 0 unspecified atom stereocenters. The molecule has 0 radical (unpaired) electrons. The van der Waals surface area contributed by atoms with Gasteiger partial charge in [0.2, 0.25) is 15.9 Å². The van der Waals surface area contributed by atoms with Crippen LogP contribution in [0.4, 0.5) is 11.4 Å². The van der Waals surface area contributed by atoms with Gasteiger partial charge in [0, 0.05) is 44.8 Å². The first-order valence-electron chi connectivity index (χ1n) is 9.63. The smallest absolute Gasteiger partial charge is 0.232 e. The quantitative estimate of drug-likeness (QED) is 0.733. The summed E-state index contributed by atoms with van der Waals surface area (Å²) in [5, 5.41) is 0. The van der Waals surface area contributed by atoms with Crippen molar-refractivity contribution in [1.29, 1.82) is 0 Å². The number of ether oxygens (including phenoxy) is 1. The molecule has 150 valence electrons. The van der Waals surface area contributed by atoms with E-state index in [-0.39, 0.29) is 18.9 Å². The Morgan fingerprint density at radius 3 is 2.26 bits per heavy atom. The monoisotopic (exact) mass is 395 g/mol. The van der Waals surface area contributed by atoms with Crippen molar-refractivity contribution in [3.63, 3.8) is 0 Å².